The van der Waals surface area contributed by atoms with Gasteiger partial charge in [0.05, 0.1) is 0 Å². The van der Waals surface area contributed by atoms with Crippen molar-refractivity contribution >= 4 is 19.2 Å². The molecule has 1 fully saturated rings. The fraction of sp³-hybridized carbons (Fsp3) is 0.280. The van der Waals surface area contributed by atoms with Gasteiger partial charge in [-0.05, 0) is 84.1 Å². The Hall–Kier alpha value is -2.04. The maximum absolute atomic E-state index is 14.8. The lowest BCUT2D eigenvalue weighted by Gasteiger charge is -2.24. The third kappa shape index (κ3) is 4.98. The molecule has 3 aromatic rings. The molecule has 0 aliphatic carbocycles. The summed E-state index contributed by atoms with van der Waals surface area (Å²) in [5, 5.41) is 0. The van der Waals surface area contributed by atoms with Gasteiger partial charge in [0.15, 0.2) is 19.7 Å². The Morgan fingerprint density at radius 1 is 0.733 bits per heavy atom. The highest BCUT2D eigenvalue weighted by Crippen LogP contribution is 2.36. The number of hydrogen-bond donors (Lipinski definition) is 0. The molecule has 0 bridgehead atoms. The van der Waals surface area contributed by atoms with Crippen LogP contribution in [0.3, 0.4) is 0 Å². The molecule has 0 unspecified atom stereocenters. The van der Waals surface area contributed by atoms with E-state index in [1.54, 1.807) is 12.1 Å². The van der Waals surface area contributed by atoms with E-state index < -0.39 is 19.7 Å². The molecule has 0 N–H and O–H groups in total. The molecule has 0 nitrogen and oxygen atoms in total. The van der Waals surface area contributed by atoms with Crippen molar-refractivity contribution in [1.29, 1.82) is 0 Å². The van der Waals surface area contributed by atoms with Gasteiger partial charge in [0.2, 0.25) is 0 Å². The first-order valence-corrected chi connectivity index (χ1v) is 13.2. The van der Waals surface area contributed by atoms with E-state index in [2.05, 4.69) is 0 Å². The second kappa shape index (κ2) is 9.40. The Kier molecular flexibility index (Phi) is 6.64. The van der Waals surface area contributed by atoms with Crippen LogP contribution in [0.1, 0.15) is 35.4 Å². The van der Waals surface area contributed by atoms with Gasteiger partial charge in [0, 0.05) is 5.56 Å². The van der Waals surface area contributed by atoms with Crippen LogP contribution in [0.2, 0.25) is 12.1 Å². The molecule has 0 saturated carbocycles. The lowest BCUT2D eigenvalue weighted by atomic mass is 9.91. The van der Waals surface area contributed by atoms with Crippen LogP contribution in [0.15, 0.2) is 60.7 Å². The van der Waals surface area contributed by atoms with Crippen LogP contribution < -0.4 is 0 Å². The van der Waals surface area contributed by atoms with Crippen LogP contribution in [0.4, 0.5) is 13.2 Å². The van der Waals surface area contributed by atoms with Crippen LogP contribution in [0.25, 0.3) is 11.1 Å². The Morgan fingerprint density at radius 2 is 1.40 bits per heavy atom. The Labute approximate surface area is 182 Å². The van der Waals surface area contributed by atoms with Gasteiger partial charge in [-0.15, -0.1) is 0 Å². The van der Waals surface area contributed by atoms with Crippen molar-refractivity contribution in [3.8, 4) is 11.1 Å². The minimum Gasteiger partial charge on any atom is -0.206 e. The van der Waals surface area contributed by atoms with E-state index in [1.807, 2.05) is 36.4 Å². The number of halogens is 4. The van der Waals surface area contributed by atoms with E-state index in [9.17, 15) is 13.2 Å². The first kappa shape index (κ1) is 21.2. The first-order chi connectivity index (χ1) is 14.5. The highest BCUT2D eigenvalue weighted by Gasteiger charge is 2.23. The van der Waals surface area contributed by atoms with Crippen molar-refractivity contribution in [2.45, 2.75) is 43.7 Å². The molecule has 1 saturated heterocycles. The zero-order valence-electron chi connectivity index (χ0n) is 16.6. The van der Waals surface area contributed by atoms with E-state index in [1.165, 1.54) is 6.07 Å². The van der Waals surface area contributed by atoms with Crippen LogP contribution in [0.5, 0.6) is 0 Å². The topological polar surface area (TPSA) is 0 Å². The summed E-state index contributed by atoms with van der Waals surface area (Å²) in [4.78, 5) is 0. The first-order valence-electron chi connectivity index (χ1n) is 10.3. The smallest absolute Gasteiger partial charge is 0.165 e. The molecule has 5 heteroatoms. The molecule has 30 heavy (non-hydrogen) atoms. The summed E-state index contributed by atoms with van der Waals surface area (Å²) in [6, 6.07) is 19.6. The summed E-state index contributed by atoms with van der Waals surface area (Å²) < 4.78 is 41.2. The van der Waals surface area contributed by atoms with Crippen molar-refractivity contribution in [2.24, 2.45) is 0 Å². The average Bonchev–Trinajstić information content (AvgIpc) is 2.75. The zero-order valence-corrected chi connectivity index (χ0v) is 18.4. The van der Waals surface area contributed by atoms with Crippen molar-refractivity contribution in [3.63, 3.8) is 0 Å². The minimum atomic E-state index is -0.829. The summed E-state index contributed by atoms with van der Waals surface area (Å²) in [6.45, 7) is 0. The summed E-state index contributed by atoms with van der Waals surface area (Å²) in [5.74, 6) is -1.42. The van der Waals surface area contributed by atoms with Gasteiger partial charge in [-0.2, -0.15) is 11.1 Å². The second-order valence-electron chi connectivity index (χ2n) is 7.98. The van der Waals surface area contributed by atoms with E-state index in [-0.39, 0.29) is 5.82 Å². The largest absolute Gasteiger partial charge is 0.206 e. The molecule has 0 amide bonds. The van der Waals surface area contributed by atoms with E-state index in [0.717, 1.165) is 53.3 Å². The van der Waals surface area contributed by atoms with Crippen LogP contribution in [-0.2, 0) is 12.8 Å². The van der Waals surface area contributed by atoms with Crippen LogP contribution in [-0.4, -0.2) is 8.11 Å². The maximum atomic E-state index is 14.8. The van der Waals surface area contributed by atoms with Gasteiger partial charge in [-0.1, -0.05) is 42.5 Å². The molecule has 1 aliphatic rings. The second-order valence-corrected chi connectivity index (χ2v) is 11.6. The van der Waals surface area contributed by atoms with Gasteiger partial charge in [-0.25, -0.2) is 13.2 Å². The highest BCUT2D eigenvalue weighted by atomic mass is 35.6. The molecule has 1 heterocycles. The van der Waals surface area contributed by atoms with Crippen LogP contribution >= 0.6 is 11.1 Å². The molecule has 155 valence electrons. The third-order valence-electron chi connectivity index (χ3n) is 5.94. The quantitative estimate of drug-likeness (QED) is 0.280. The van der Waals surface area contributed by atoms with E-state index in [4.69, 9.17) is 11.1 Å². The molecule has 3 aromatic carbocycles. The highest BCUT2D eigenvalue weighted by molar-refractivity contribution is 7.07. The zero-order chi connectivity index (χ0) is 21.1. The third-order valence-corrected chi connectivity index (χ3v) is 8.74. The van der Waals surface area contributed by atoms with Gasteiger partial charge in [-0.3, -0.25) is 0 Å². The molecule has 1 radical (unpaired) electrons. The monoisotopic (exact) mass is 443 g/mol. The number of benzene rings is 3. The molecule has 0 spiro atoms. The lowest BCUT2D eigenvalue weighted by molar-refractivity contribution is 0.507. The molecule has 1 aliphatic heterocycles. The predicted molar refractivity (Wildman–Crippen MR) is 119 cm³/mol. The summed E-state index contributed by atoms with van der Waals surface area (Å²) in [5.41, 5.74) is 4.34. The summed E-state index contributed by atoms with van der Waals surface area (Å²) >= 11 is 6.29. The normalized spacial score (nSPS) is 15.5. The number of hydrogen-bond acceptors (Lipinski definition) is 0. The van der Waals surface area contributed by atoms with Crippen molar-refractivity contribution in [1.82, 2.24) is 0 Å². The van der Waals surface area contributed by atoms with Crippen molar-refractivity contribution in [2.75, 3.05) is 0 Å². The fourth-order valence-corrected chi connectivity index (χ4v) is 6.35. The molecular weight excluding hydrogens is 421 g/mol. The molecular formula is C25H23ClF3Si. The molecule has 0 aromatic heterocycles. The molecule has 0 atom stereocenters. The van der Waals surface area contributed by atoms with Crippen molar-refractivity contribution < 1.29 is 13.2 Å². The predicted octanol–water partition coefficient (Wildman–Crippen LogP) is 7.66. The number of rotatable bonds is 5. The number of aryl methyl sites for hydroxylation is 2. The van der Waals surface area contributed by atoms with Gasteiger partial charge in [0.1, 0.15) is 5.82 Å². The average molecular weight is 444 g/mol. The summed E-state index contributed by atoms with van der Waals surface area (Å²) in [7, 11) is -0.680. The van der Waals surface area contributed by atoms with Crippen LogP contribution in [0, 0.1) is 17.5 Å². The van der Waals surface area contributed by atoms with E-state index >= 15 is 0 Å². The fourth-order valence-electron chi connectivity index (χ4n) is 4.12. The van der Waals surface area contributed by atoms with Gasteiger partial charge < -0.3 is 0 Å². The van der Waals surface area contributed by atoms with Gasteiger partial charge >= 0.3 is 0 Å². The van der Waals surface area contributed by atoms with E-state index in [0.29, 0.717) is 24.3 Å². The summed E-state index contributed by atoms with van der Waals surface area (Å²) in [6.07, 6.45) is 3.44. The SMILES string of the molecule is Fc1ccc(CCc2ccc(-c3ccc(C4CC[Si](Cl)CC4)cc3F)cc2)cc1F. The Morgan fingerprint density at radius 3 is 2.07 bits per heavy atom. The Balaban J connectivity index is 1.42. The van der Waals surface area contributed by atoms with Crippen molar-refractivity contribution in [3.05, 3.63) is 94.8 Å². The lowest BCUT2D eigenvalue weighted by Crippen LogP contribution is -2.15. The Bertz CT molecular complexity index is 1010. The minimum absolute atomic E-state index is 0.191. The maximum Gasteiger partial charge on any atom is 0.165 e. The van der Waals surface area contributed by atoms with Gasteiger partial charge in [0.25, 0.3) is 0 Å². The standard InChI is InChI=1S/C25H23ClF3Si/c26-30-13-11-19(12-14-30)21-8-9-22(24(28)16-21)20-6-3-17(4-7-20)1-2-18-5-10-23(27)25(29)15-18/h3-10,15-16,19H,1-2,11-14H2. The molecule has 4 rings (SSSR count).